The van der Waals surface area contributed by atoms with Gasteiger partial charge in [0, 0.05) is 37.4 Å². The number of hydrogen-bond acceptors (Lipinski definition) is 8. The third-order valence-corrected chi connectivity index (χ3v) is 5.13. The van der Waals surface area contributed by atoms with E-state index in [-0.39, 0.29) is 24.3 Å². The summed E-state index contributed by atoms with van der Waals surface area (Å²) in [7, 11) is 1.72. The molecule has 1 atom stereocenters. The summed E-state index contributed by atoms with van der Waals surface area (Å²) in [5, 5.41) is 13.7. The van der Waals surface area contributed by atoms with E-state index in [1.807, 2.05) is 0 Å². The van der Waals surface area contributed by atoms with Gasteiger partial charge < -0.3 is 24.9 Å². The number of aromatic amines is 1. The van der Waals surface area contributed by atoms with Crippen LogP contribution < -0.4 is 14.8 Å². The number of nitrogens with one attached hydrogen (secondary N) is 2. The van der Waals surface area contributed by atoms with Crippen LogP contribution in [0.25, 0.3) is 21.9 Å². The Hall–Kier alpha value is -3.53. The number of aryl methyl sites for hydroxylation is 1. The molecular formula is C20H19FN6O3. The first-order valence-corrected chi connectivity index (χ1v) is 9.54. The van der Waals surface area contributed by atoms with Gasteiger partial charge in [0.25, 0.3) is 0 Å². The smallest absolute Gasteiger partial charge is 0.327 e. The Morgan fingerprint density at radius 2 is 2.10 bits per heavy atom. The van der Waals surface area contributed by atoms with Crippen molar-refractivity contribution in [3.63, 3.8) is 0 Å². The molecule has 0 bridgehead atoms. The summed E-state index contributed by atoms with van der Waals surface area (Å²) in [4.78, 5) is 20.3. The number of hydrogen-bond donors (Lipinski definition) is 3. The summed E-state index contributed by atoms with van der Waals surface area (Å²) < 4.78 is 26.7. The Morgan fingerprint density at radius 3 is 2.83 bits per heavy atom. The largest absolute Gasteiger partial charge is 0.473 e. The van der Waals surface area contributed by atoms with Crippen LogP contribution in [0.15, 0.2) is 18.5 Å². The van der Waals surface area contributed by atoms with E-state index in [1.165, 1.54) is 18.5 Å². The summed E-state index contributed by atoms with van der Waals surface area (Å²) in [5.74, 6) is 0.931. The van der Waals surface area contributed by atoms with Crippen molar-refractivity contribution < 1.29 is 19.0 Å². The fourth-order valence-electron chi connectivity index (χ4n) is 3.75. The molecule has 0 saturated heterocycles. The second-order valence-electron chi connectivity index (χ2n) is 7.07. The number of H-pyrrole nitrogens is 1. The number of anilines is 1. The van der Waals surface area contributed by atoms with Crippen LogP contribution in [-0.4, -0.2) is 49.8 Å². The van der Waals surface area contributed by atoms with Crippen molar-refractivity contribution >= 4 is 27.6 Å². The fourth-order valence-corrected chi connectivity index (χ4v) is 3.75. The first kappa shape index (κ1) is 18.5. The van der Waals surface area contributed by atoms with Crippen LogP contribution in [0.4, 0.5) is 10.1 Å². The molecule has 30 heavy (non-hydrogen) atoms. The molecule has 10 heteroatoms. The summed E-state index contributed by atoms with van der Waals surface area (Å²) in [6.07, 6.45) is 3.27. The highest BCUT2D eigenvalue weighted by atomic mass is 19.1. The summed E-state index contributed by atoms with van der Waals surface area (Å²) in [6.45, 7) is 1.69. The number of aromatic nitrogens is 5. The Balaban J connectivity index is 1.72. The predicted molar refractivity (Wildman–Crippen MR) is 108 cm³/mol. The maximum absolute atomic E-state index is 14.9. The normalized spacial score (nSPS) is 15.4. The molecule has 9 nitrogen and oxygen atoms in total. The van der Waals surface area contributed by atoms with Crippen LogP contribution in [-0.2, 0) is 6.42 Å². The number of ether oxygens (including phenoxy) is 2. The molecule has 0 aliphatic carbocycles. The lowest BCUT2D eigenvalue weighted by atomic mass is 10.00. The van der Waals surface area contributed by atoms with Crippen molar-refractivity contribution in [2.75, 3.05) is 19.0 Å². The Morgan fingerprint density at radius 1 is 1.30 bits per heavy atom. The molecule has 0 unspecified atom stereocenters. The van der Waals surface area contributed by atoms with Gasteiger partial charge in [0.1, 0.15) is 23.4 Å². The van der Waals surface area contributed by atoms with Crippen LogP contribution >= 0.6 is 0 Å². The third-order valence-electron chi connectivity index (χ3n) is 5.13. The molecule has 5 rings (SSSR count). The number of benzene rings is 1. The van der Waals surface area contributed by atoms with Gasteiger partial charge >= 0.3 is 6.01 Å². The molecule has 1 aliphatic rings. The van der Waals surface area contributed by atoms with Gasteiger partial charge in [0.2, 0.25) is 5.88 Å². The maximum Gasteiger partial charge on any atom is 0.327 e. The highest BCUT2D eigenvalue weighted by Crippen LogP contribution is 2.42. The zero-order valence-corrected chi connectivity index (χ0v) is 16.4. The van der Waals surface area contributed by atoms with Crippen LogP contribution in [0.2, 0.25) is 0 Å². The highest BCUT2D eigenvalue weighted by Gasteiger charge is 2.29. The molecule has 4 aromatic rings. The van der Waals surface area contributed by atoms with E-state index in [2.05, 4.69) is 30.2 Å². The number of nitrogens with zero attached hydrogens (tertiary/aromatic N) is 4. The van der Waals surface area contributed by atoms with Crippen LogP contribution in [0.1, 0.15) is 17.8 Å². The van der Waals surface area contributed by atoms with Gasteiger partial charge in [0.15, 0.2) is 5.75 Å². The zero-order chi connectivity index (χ0) is 20.8. The molecule has 0 saturated carbocycles. The first-order valence-electron chi connectivity index (χ1n) is 9.54. The molecule has 0 radical (unpaired) electrons. The Labute approximate surface area is 170 Å². The molecule has 0 fully saturated rings. The molecule has 4 heterocycles. The minimum absolute atomic E-state index is 0.0502. The van der Waals surface area contributed by atoms with E-state index >= 15 is 0 Å². The number of halogens is 1. The minimum Gasteiger partial charge on any atom is -0.473 e. The van der Waals surface area contributed by atoms with E-state index in [0.717, 1.165) is 0 Å². The zero-order valence-electron chi connectivity index (χ0n) is 16.4. The number of aliphatic hydroxyl groups is 1. The lowest BCUT2D eigenvalue weighted by Gasteiger charge is -2.17. The number of rotatable bonds is 5. The van der Waals surface area contributed by atoms with Crippen LogP contribution in [0.5, 0.6) is 17.6 Å². The molecule has 0 spiro atoms. The maximum atomic E-state index is 14.9. The molecular weight excluding hydrogens is 391 g/mol. The Kier molecular flexibility index (Phi) is 4.35. The Bertz CT molecular complexity index is 1260. The van der Waals surface area contributed by atoms with E-state index in [0.29, 0.717) is 57.6 Å². The van der Waals surface area contributed by atoms with E-state index < -0.39 is 6.10 Å². The second-order valence-corrected chi connectivity index (χ2v) is 7.07. The SMILES string of the molecule is CNc1cc(F)c2c3c1[nH]c1nc(Oc4cnc(C)nc4)nc(c13)O[C@@H](CCO)C2. The van der Waals surface area contributed by atoms with E-state index in [9.17, 15) is 9.50 Å². The van der Waals surface area contributed by atoms with E-state index in [4.69, 9.17) is 9.47 Å². The van der Waals surface area contributed by atoms with Gasteiger partial charge in [-0.1, -0.05) is 0 Å². The van der Waals surface area contributed by atoms with Gasteiger partial charge in [-0.05, 0) is 13.0 Å². The summed E-state index contributed by atoms with van der Waals surface area (Å²) >= 11 is 0. The standard InChI is InChI=1S/C20H19FN6O3/c1-9-23-7-11(8-24-9)30-20-26-18-16-15-12(5-10(3-4-28)29-19(16)27-20)13(21)6-14(22-2)17(15)25-18/h6-8,10,22,28H,3-5H2,1-2H3,(H,25,26,27)/t10-/m0/s1. The lowest BCUT2D eigenvalue weighted by molar-refractivity contribution is 0.150. The third kappa shape index (κ3) is 2.96. The quantitative estimate of drug-likeness (QED) is 0.460. The molecule has 0 amide bonds. The van der Waals surface area contributed by atoms with Crippen molar-refractivity contribution in [2.45, 2.75) is 25.9 Å². The average Bonchev–Trinajstić information content (AvgIpc) is 3.02. The monoisotopic (exact) mass is 410 g/mol. The van der Waals surface area contributed by atoms with Gasteiger partial charge in [0.05, 0.1) is 29.0 Å². The van der Waals surface area contributed by atoms with Crippen LogP contribution in [0, 0.1) is 12.7 Å². The average molecular weight is 410 g/mol. The predicted octanol–water partition coefficient (Wildman–Crippen LogP) is 2.87. The van der Waals surface area contributed by atoms with Crippen molar-refractivity contribution in [3.05, 3.63) is 35.7 Å². The van der Waals surface area contributed by atoms with Crippen molar-refractivity contribution in [1.29, 1.82) is 0 Å². The first-order chi connectivity index (χ1) is 14.6. The van der Waals surface area contributed by atoms with Gasteiger partial charge in [-0.15, -0.1) is 0 Å². The lowest BCUT2D eigenvalue weighted by Crippen LogP contribution is -2.21. The molecule has 154 valence electrons. The van der Waals surface area contributed by atoms with Crippen molar-refractivity contribution in [2.24, 2.45) is 0 Å². The van der Waals surface area contributed by atoms with Crippen molar-refractivity contribution in [3.8, 4) is 17.6 Å². The van der Waals surface area contributed by atoms with Gasteiger partial charge in [-0.25, -0.2) is 14.4 Å². The highest BCUT2D eigenvalue weighted by molar-refractivity contribution is 6.14. The van der Waals surface area contributed by atoms with Crippen LogP contribution in [0.3, 0.4) is 0 Å². The van der Waals surface area contributed by atoms with Gasteiger partial charge in [-0.2, -0.15) is 9.97 Å². The fraction of sp³-hybridized carbons (Fsp3) is 0.300. The van der Waals surface area contributed by atoms with Gasteiger partial charge in [-0.3, -0.25) is 0 Å². The molecule has 1 aromatic carbocycles. The summed E-state index contributed by atoms with van der Waals surface area (Å²) in [6, 6.07) is 1.50. The molecule has 1 aliphatic heterocycles. The summed E-state index contributed by atoms with van der Waals surface area (Å²) in [5.41, 5.74) is 2.29. The second kappa shape index (κ2) is 7.06. The van der Waals surface area contributed by atoms with E-state index in [1.54, 1.807) is 14.0 Å². The van der Waals surface area contributed by atoms with Crippen molar-refractivity contribution in [1.82, 2.24) is 24.9 Å². The number of aliphatic hydroxyl groups excluding tert-OH is 1. The minimum atomic E-state index is -0.436. The molecule has 3 N–H and O–H groups in total. The molecule has 3 aromatic heterocycles. The topological polar surface area (TPSA) is 118 Å².